The van der Waals surface area contributed by atoms with Crippen LogP contribution < -0.4 is 11.1 Å². The Hall–Kier alpha value is -1.59. The van der Waals surface area contributed by atoms with Crippen LogP contribution in [0, 0.1) is 0 Å². The second kappa shape index (κ2) is 8.00. The number of anilines is 2. The topological polar surface area (TPSA) is 61.6 Å². The van der Waals surface area contributed by atoms with Crippen LogP contribution in [-0.2, 0) is 4.79 Å². The van der Waals surface area contributed by atoms with Crippen LogP contribution in [0.25, 0.3) is 0 Å². The molecule has 1 heterocycles. The Labute approximate surface area is 127 Å². The van der Waals surface area contributed by atoms with Crippen molar-refractivity contribution < 1.29 is 4.79 Å². The van der Waals surface area contributed by atoms with Gasteiger partial charge in [0, 0.05) is 26.1 Å². The van der Waals surface area contributed by atoms with Crippen LogP contribution in [-0.4, -0.2) is 55.5 Å². The predicted octanol–water partition coefficient (Wildman–Crippen LogP) is 1.62. The van der Waals surface area contributed by atoms with E-state index in [4.69, 9.17) is 5.73 Å². The van der Waals surface area contributed by atoms with Gasteiger partial charge in [-0.15, -0.1) is 0 Å². The number of nitrogens with zero attached hydrogens (tertiary/aromatic N) is 2. The van der Waals surface area contributed by atoms with Gasteiger partial charge in [-0.05, 0) is 45.1 Å². The summed E-state index contributed by atoms with van der Waals surface area (Å²) in [5.41, 5.74) is 7.11. The zero-order valence-corrected chi connectivity index (χ0v) is 12.8. The second-order valence-electron chi connectivity index (χ2n) is 5.74. The molecule has 0 aromatic heterocycles. The SMILES string of the molecule is CN(CCC(=O)Nc1ccccc1N)CCN1CCCC1. The summed E-state index contributed by atoms with van der Waals surface area (Å²) < 4.78 is 0. The van der Waals surface area contributed by atoms with Gasteiger partial charge in [-0.1, -0.05) is 12.1 Å². The largest absolute Gasteiger partial charge is 0.397 e. The molecule has 3 N–H and O–H groups in total. The quantitative estimate of drug-likeness (QED) is 0.749. The van der Waals surface area contributed by atoms with Gasteiger partial charge in [0.15, 0.2) is 0 Å². The summed E-state index contributed by atoms with van der Waals surface area (Å²) in [7, 11) is 2.07. The second-order valence-corrected chi connectivity index (χ2v) is 5.74. The number of nitrogens with two attached hydrogens (primary N) is 1. The van der Waals surface area contributed by atoms with E-state index in [0.717, 1.165) is 19.6 Å². The van der Waals surface area contributed by atoms with E-state index >= 15 is 0 Å². The molecule has 1 aliphatic rings. The van der Waals surface area contributed by atoms with Crippen molar-refractivity contribution in [1.29, 1.82) is 0 Å². The highest BCUT2D eigenvalue weighted by Gasteiger charge is 2.12. The maximum absolute atomic E-state index is 11.9. The molecule has 0 unspecified atom stereocenters. The molecule has 0 aliphatic carbocycles. The summed E-state index contributed by atoms with van der Waals surface area (Å²) in [4.78, 5) is 16.6. The maximum atomic E-state index is 11.9. The number of rotatable bonds is 7. The van der Waals surface area contributed by atoms with E-state index in [9.17, 15) is 4.79 Å². The number of carbonyl (C=O) groups is 1. The molecule has 1 fully saturated rings. The van der Waals surface area contributed by atoms with Crippen molar-refractivity contribution >= 4 is 17.3 Å². The van der Waals surface area contributed by atoms with Gasteiger partial charge < -0.3 is 20.9 Å². The Morgan fingerprint density at radius 2 is 2.00 bits per heavy atom. The molecule has 1 amide bonds. The lowest BCUT2D eigenvalue weighted by Gasteiger charge is -2.21. The van der Waals surface area contributed by atoms with Crippen molar-refractivity contribution in [1.82, 2.24) is 9.80 Å². The summed E-state index contributed by atoms with van der Waals surface area (Å²) >= 11 is 0. The third-order valence-corrected chi connectivity index (χ3v) is 3.95. The molecule has 1 saturated heterocycles. The monoisotopic (exact) mass is 290 g/mol. The van der Waals surface area contributed by atoms with E-state index in [-0.39, 0.29) is 5.91 Å². The fraction of sp³-hybridized carbons (Fsp3) is 0.562. The number of para-hydroxylation sites is 2. The van der Waals surface area contributed by atoms with E-state index in [0.29, 0.717) is 17.8 Å². The average molecular weight is 290 g/mol. The highest BCUT2D eigenvalue weighted by molar-refractivity contribution is 5.93. The van der Waals surface area contributed by atoms with Crippen LogP contribution in [0.3, 0.4) is 0 Å². The first kappa shape index (κ1) is 15.8. The Balaban J connectivity index is 1.65. The molecule has 5 nitrogen and oxygen atoms in total. The van der Waals surface area contributed by atoms with Crippen LogP contribution in [0.5, 0.6) is 0 Å². The van der Waals surface area contributed by atoms with E-state index in [1.54, 1.807) is 6.07 Å². The Bertz CT molecular complexity index is 457. The summed E-state index contributed by atoms with van der Waals surface area (Å²) in [5, 5.41) is 2.86. The molecule has 2 rings (SSSR count). The van der Waals surface area contributed by atoms with Gasteiger partial charge in [-0.25, -0.2) is 0 Å². The summed E-state index contributed by atoms with van der Waals surface area (Å²) in [6.07, 6.45) is 3.14. The van der Waals surface area contributed by atoms with Gasteiger partial charge in [0.05, 0.1) is 11.4 Å². The normalized spacial score (nSPS) is 15.5. The van der Waals surface area contributed by atoms with E-state index in [2.05, 4.69) is 22.2 Å². The summed E-state index contributed by atoms with van der Waals surface area (Å²) in [5.74, 6) is 0.0147. The van der Waals surface area contributed by atoms with Crippen molar-refractivity contribution in [3.05, 3.63) is 24.3 Å². The van der Waals surface area contributed by atoms with Crippen LogP contribution in [0.1, 0.15) is 19.3 Å². The lowest BCUT2D eigenvalue weighted by atomic mass is 10.2. The number of nitrogens with one attached hydrogen (secondary N) is 1. The number of likely N-dealkylation sites (tertiary alicyclic amines) is 1. The van der Waals surface area contributed by atoms with Crippen LogP contribution in [0.15, 0.2) is 24.3 Å². The molecule has 1 aromatic rings. The first-order chi connectivity index (χ1) is 10.1. The number of hydrogen-bond donors (Lipinski definition) is 2. The molecule has 116 valence electrons. The molecule has 0 spiro atoms. The molecule has 21 heavy (non-hydrogen) atoms. The molecular formula is C16H26N4O. The molecule has 5 heteroatoms. The average Bonchev–Trinajstić information content (AvgIpc) is 2.99. The van der Waals surface area contributed by atoms with E-state index in [1.807, 2.05) is 18.2 Å². The van der Waals surface area contributed by atoms with Crippen LogP contribution in [0.2, 0.25) is 0 Å². The Morgan fingerprint density at radius 3 is 2.71 bits per heavy atom. The molecular weight excluding hydrogens is 264 g/mol. The van der Waals surface area contributed by atoms with Gasteiger partial charge in [0.1, 0.15) is 0 Å². The van der Waals surface area contributed by atoms with Crippen molar-refractivity contribution in [2.75, 3.05) is 50.8 Å². The molecule has 0 bridgehead atoms. The third-order valence-electron chi connectivity index (χ3n) is 3.95. The van der Waals surface area contributed by atoms with Crippen LogP contribution in [0.4, 0.5) is 11.4 Å². The summed E-state index contributed by atoms with van der Waals surface area (Å²) in [6, 6.07) is 7.34. The molecule has 1 aliphatic heterocycles. The zero-order valence-electron chi connectivity index (χ0n) is 12.8. The first-order valence-corrected chi connectivity index (χ1v) is 7.70. The highest BCUT2D eigenvalue weighted by Crippen LogP contribution is 2.16. The van der Waals surface area contributed by atoms with Crippen molar-refractivity contribution in [2.45, 2.75) is 19.3 Å². The smallest absolute Gasteiger partial charge is 0.225 e. The molecule has 0 atom stereocenters. The molecule has 0 saturated carbocycles. The third kappa shape index (κ3) is 5.36. The number of amides is 1. The fourth-order valence-electron chi connectivity index (χ4n) is 2.55. The highest BCUT2D eigenvalue weighted by atomic mass is 16.1. The molecule has 0 radical (unpaired) electrons. The molecule has 1 aromatic carbocycles. The van der Waals surface area contributed by atoms with Gasteiger partial charge >= 0.3 is 0 Å². The van der Waals surface area contributed by atoms with Gasteiger partial charge in [-0.3, -0.25) is 4.79 Å². The summed E-state index contributed by atoms with van der Waals surface area (Å²) in [6.45, 7) is 5.33. The number of carbonyl (C=O) groups excluding carboxylic acids is 1. The minimum Gasteiger partial charge on any atom is -0.397 e. The predicted molar refractivity (Wildman–Crippen MR) is 87.3 cm³/mol. The maximum Gasteiger partial charge on any atom is 0.225 e. The minimum atomic E-state index is 0.0147. The van der Waals surface area contributed by atoms with Gasteiger partial charge in [0.2, 0.25) is 5.91 Å². The van der Waals surface area contributed by atoms with E-state index in [1.165, 1.54) is 25.9 Å². The zero-order chi connectivity index (χ0) is 15.1. The lowest BCUT2D eigenvalue weighted by Crippen LogP contribution is -2.33. The number of nitrogen functional groups attached to an aromatic ring is 1. The number of hydrogen-bond acceptors (Lipinski definition) is 4. The fourth-order valence-corrected chi connectivity index (χ4v) is 2.55. The van der Waals surface area contributed by atoms with Gasteiger partial charge in [0.25, 0.3) is 0 Å². The minimum absolute atomic E-state index is 0.0147. The number of benzene rings is 1. The number of likely N-dealkylation sites (N-methyl/N-ethyl adjacent to an activating group) is 1. The van der Waals surface area contributed by atoms with E-state index < -0.39 is 0 Å². The first-order valence-electron chi connectivity index (χ1n) is 7.70. The standard InChI is InChI=1S/C16H26N4O/c1-19(12-13-20-9-4-5-10-20)11-8-16(21)18-15-7-3-2-6-14(15)17/h2-3,6-7H,4-5,8-13,17H2,1H3,(H,18,21). The van der Waals surface area contributed by atoms with Crippen molar-refractivity contribution in [3.63, 3.8) is 0 Å². The van der Waals surface area contributed by atoms with Crippen LogP contribution >= 0.6 is 0 Å². The van der Waals surface area contributed by atoms with Crippen molar-refractivity contribution in [2.24, 2.45) is 0 Å². The lowest BCUT2D eigenvalue weighted by molar-refractivity contribution is -0.116. The van der Waals surface area contributed by atoms with Crippen molar-refractivity contribution in [3.8, 4) is 0 Å². The van der Waals surface area contributed by atoms with Gasteiger partial charge in [-0.2, -0.15) is 0 Å². The Kier molecular flexibility index (Phi) is 6.02. The Morgan fingerprint density at radius 1 is 1.29 bits per heavy atom.